The zero-order valence-electron chi connectivity index (χ0n) is 18.5. The lowest BCUT2D eigenvalue weighted by Crippen LogP contribution is -2.40. The summed E-state index contributed by atoms with van der Waals surface area (Å²) in [5, 5.41) is 16.5. The zero-order chi connectivity index (χ0) is 23.2. The van der Waals surface area contributed by atoms with Crippen LogP contribution in [0.25, 0.3) is 0 Å². The standard InChI is InChI=1S/C21H30N3O6P/c1-14(13-30-11-10-18(25)26)22-19-15(2)23-24(21(27)20(19)31(4,5)28)12-16-6-8-17(29-3)9-7-16/h6-9,14,22H,10-13H2,1-5H3,(H,25,26)/t14-/m0/s1. The van der Waals surface area contributed by atoms with Crippen LogP contribution in [0.4, 0.5) is 5.69 Å². The van der Waals surface area contributed by atoms with Crippen LogP contribution in [0.1, 0.15) is 24.6 Å². The van der Waals surface area contributed by atoms with Gasteiger partial charge in [-0.05, 0) is 44.9 Å². The van der Waals surface area contributed by atoms with Crippen molar-refractivity contribution in [3.8, 4) is 5.75 Å². The Labute approximate surface area is 181 Å². The highest BCUT2D eigenvalue weighted by Crippen LogP contribution is 2.36. The average Bonchev–Trinajstić information content (AvgIpc) is 2.68. The fourth-order valence-electron chi connectivity index (χ4n) is 3.07. The van der Waals surface area contributed by atoms with Gasteiger partial charge < -0.3 is 24.5 Å². The molecule has 2 aromatic rings. The van der Waals surface area contributed by atoms with Crippen molar-refractivity contribution < 1.29 is 23.9 Å². The molecule has 1 heterocycles. The quantitative estimate of drug-likeness (QED) is 0.394. The van der Waals surface area contributed by atoms with E-state index >= 15 is 0 Å². The molecule has 0 spiro atoms. The van der Waals surface area contributed by atoms with E-state index in [-0.39, 0.29) is 37.5 Å². The zero-order valence-corrected chi connectivity index (χ0v) is 19.4. The van der Waals surface area contributed by atoms with Gasteiger partial charge in [-0.3, -0.25) is 9.59 Å². The van der Waals surface area contributed by atoms with Crippen molar-refractivity contribution in [1.29, 1.82) is 0 Å². The Balaban J connectivity index is 2.30. The summed E-state index contributed by atoms with van der Waals surface area (Å²) in [5.74, 6) is -0.215. The van der Waals surface area contributed by atoms with Crippen molar-refractivity contribution in [1.82, 2.24) is 9.78 Å². The molecular weight excluding hydrogens is 421 g/mol. The molecule has 2 N–H and O–H groups in total. The summed E-state index contributed by atoms with van der Waals surface area (Å²) < 4.78 is 24.9. The highest BCUT2D eigenvalue weighted by atomic mass is 31.2. The maximum Gasteiger partial charge on any atom is 0.305 e. The van der Waals surface area contributed by atoms with E-state index in [9.17, 15) is 14.2 Å². The third kappa shape index (κ3) is 6.94. The van der Waals surface area contributed by atoms with Gasteiger partial charge in [-0.15, -0.1) is 0 Å². The van der Waals surface area contributed by atoms with Crippen LogP contribution >= 0.6 is 7.14 Å². The van der Waals surface area contributed by atoms with E-state index in [2.05, 4.69) is 10.4 Å². The first-order valence-corrected chi connectivity index (χ1v) is 12.5. The number of nitrogens with zero attached hydrogens (tertiary/aromatic N) is 2. The molecule has 170 valence electrons. The molecule has 2 rings (SSSR count). The minimum Gasteiger partial charge on any atom is -0.497 e. The molecule has 31 heavy (non-hydrogen) atoms. The van der Waals surface area contributed by atoms with Gasteiger partial charge in [-0.1, -0.05) is 12.1 Å². The SMILES string of the molecule is COc1ccc(Cn2nc(C)c(N[C@@H](C)COCCC(=O)O)c(P(C)(C)=O)c2=O)cc1. The maximum atomic E-state index is 13.2. The number of carboxylic acid groups (broad SMARTS) is 1. The monoisotopic (exact) mass is 451 g/mol. The Kier molecular flexibility index (Phi) is 8.42. The lowest BCUT2D eigenvalue weighted by molar-refractivity contribution is -0.138. The predicted molar refractivity (Wildman–Crippen MR) is 121 cm³/mol. The lowest BCUT2D eigenvalue weighted by Gasteiger charge is -2.22. The molecule has 0 aliphatic carbocycles. The molecule has 0 aliphatic heterocycles. The summed E-state index contributed by atoms with van der Waals surface area (Å²) in [7, 11) is -1.36. The van der Waals surface area contributed by atoms with Crippen LogP contribution in [-0.4, -0.2) is 60.6 Å². The molecule has 0 radical (unpaired) electrons. The van der Waals surface area contributed by atoms with Crippen molar-refractivity contribution >= 4 is 24.1 Å². The van der Waals surface area contributed by atoms with Crippen LogP contribution in [0.2, 0.25) is 0 Å². The molecule has 0 fully saturated rings. The second-order valence-electron chi connectivity index (χ2n) is 7.73. The van der Waals surface area contributed by atoms with Crippen molar-refractivity contribution in [2.24, 2.45) is 0 Å². The van der Waals surface area contributed by atoms with E-state index in [1.165, 1.54) is 4.68 Å². The van der Waals surface area contributed by atoms with Gasteiger partial charge in [0, 0.05) is 6.04 Å². The number of nitrogens with one attached hydrogen (secondary N) is 1. The molecule has 0 amide bonds. The van der Waals surface area contributed by atoms with E-state index < -0.39 is 18.7 Å². The first-order chi connectivity index (χ1) is 14.5. The Morgan fingerprint density at radius 1 is 1.29 bits per heavy atom. The first kappa shape index (κ1) is 24.6. The summed E-state index contributed by atoms with van der Waals surface area (Å²) in [5.41, 5.74) is 1.45. The highest BCUT2D eigenvalue weighted by Gasteiger charge is 2.26. The number of hydrogen-bond acceptors (Lipinski definition) is 7. The number of aromatic nitrogens is 2. The number of hydrogen-bond donors (Lipinski definition) is 2. The van der Waals surface area contributed by atoms with Gasteiger partial charge in [-0.2, -0.15) is 5.10 Å². The van der Waals surface area contributed by atoms with Crippen LogP contribution in [0, 0.1) is 6.92 Å². The second-order valence-corrected chi connectivity index (χ2v) is 10.9. The van der Waals surface area contributed by atoms with E-state index in [0.29, 0.717) is 17.1 Å². The molecular formula is C21H30N3O6P. The van der Waals surface area contributed by atoms with Crippen LogP contribution in [-0.2, 0) is 20.6 Å². The molecule has 10 heteroatoms. The van der Waals surface area contributed by atoms with E-state index in [1.54, 1.807) is 39.5 Å². The summed E-state index contributed by atoms with van der Waals surface area (Å²) in [4.78, 5) is 23.8. The first-order valence-electron chi connectivity index (χ1n) is 9.89. The van der Waals surface area contributed by atoms with Gasteiger partial charge in [0.2, 0.25) is 0 Å². The minimum absolute atomic E-state index is 0.0842. The van der Waals surface area contributed by atoms with Crippen molar-refractivity contribution in [2.45, 2.75) is 32.9 Å². The van der Waals surface area contributed by atoms with E-state index in [1.807, 2.05) is 19.1 Å². The van der Waals surface area contributed by atoms with Crippen LogP contribution in [0.5, 0.6) is 5.75 Å². The lowest BCUT2D eigenvalue weighted by atomic mass is 10.2. The molecule has 0 saturated heterocycles. The summed E-state index contributed by atoms with van der Waals surface area (Å²) in [6.45, 7) is 7.27. The number of carbonyl (C=O) groups is 1. The van der Waals surface area contributed by atoms with Crippen LogP contribution < -0.4 is 20.9 Å². The van der Waals surface area contributed by atoms with E-state index in [4.69, 9.17) is 14.6 Å². The number of aliphatic carboxylic acids is 1. The normalized spacial score (nSPS) is 12.4. The molecule has 0 saturated carbocycles. The maximum absolute atomic E-state index is 13.2. The minimum atomic E-state index is -2.94. The molecule has 0 unspecified atom stereocenters. The number of anilines is 1. The molecule has 0 bridgehead atoms. The molecule has 1 aromatic carbocycles. The topological polar surface area (TPSA) is 120 Å². The van der Waals surface area contributed by atoms with Gasteiger partial charge in [-0.25, -0.2) is 4.68 Å². The Bertz CT molecular complexity index is 1010. The fraction of sp³-hybridized carbons (Fsp3) is 0.476. The van der Waals surface area contributed by atoms with Crippen molar-refractivity contribution in [3.05, 3.63) is 45.9 Å². The van der Waals surface area contributed by atoms with Gasteiger partial charge in [0.05, 0.1) is 44.7 Å². The molecule has 1 aromatic heterocycles. The second kappa shape index (κ2) is 10.6. The third-order valence-corrected chi connectivity index (χ3v) is 6.05. The summed E-state index contributed by atoms with van der Waals surface area (Å²) in [6, 6.07) is 7.07. The average molecular weight is 451 g/mol. The predicted octanol–water partition coefficient (Wildman–Crippen LogP) is 2.15. The van der Waals surface area contributed by atoms with Crippen LogP contribution in [0.15, 0.2) is 29.1 Å². The number of carboxylic acids is 1. The number of rotatable bonds is 11. The molecule has 0 aliphatic rings. The smallest absolute Gasteiger partial charge is 0.305 e. The number of benzene rings is 1. The summed E-state index contributed by atoms with van der Waals surface area (Å²) >= 11 is 0. The molecule has 1 atom stereocenters. The van der Waals surface area contributed by atoms with Gasteiger partial charge in [0.1, 0.15) is 18.2 Å². The van der Waals surface area contributed by atoms with E-state index in [0.717, 1.165) is 5.56 Å². The number of ether oxygens (including phenoxy) is 2. The Hall–Kier alpha value is -2.64. The van der Waals surface area contributed by atoms with Crippen LogP contribution in [0.3, 0.4) is 0 Å². The third-order valence-electron chi connectivity index (χ3n) is 4.56. The van der Waals surface area contributed by atoms with Gasteiger partial charge in [0.25, 0.3) is 5.56 Å². The Morgan fingerprint density at radius 3 is 2.48 bits per heavy atom. The largest absolute Gasteiger partial charge is 0.497 e. The number of aryl methyl sites for hydroxylation is 1. The Morgan fingerprint density at radius 2 is 1.94 bits per heavy atom. The van der Waals surface area contributed by atoms with Gasteiger partial charge in [0.15, 0.2) is 0 Å². The van der Waals surface area contributed by atoms with Crippen molar-refractivity contribution in [3.63, 3.8) is 0 Å². The summed E-state index contributed by atoms with van der Waals surface area (Å²) in [6.07, 6.45) is -0.0842. The van der Waals surface area contributed by atoms with Gasteiger partial charge >= 0.3 is 5.97 Å². The number of methoxy groups -OCH3 is 1. The molecule has 9 nitrogen and oxygen atoms in total. The fourth-order valence-corrected chi connectivity index (χ4v) is 4.41. The van der Waals surface area contributed by atoms with Crippen molar-refractivity contribution in [2.75, 3.05) is 39.0 Å². The highest BCUT2D eigenvalue weighted by molar-refractivity contribution is 7.70.